The summed E-state index contributed by atoms with van der Waals surface area (Å²) in [6.07, 6.45) is 4.44. The number of methoxy groups -OCH3 is 2. The van der Waals surface area contributed by atoms with Gasteiger partial charge in [-0.05, 0) is 19.1 Å². The summed E-state index contributed by atoms with van der Waals surface area (Å²) in [5.41, 5.74) is 3.18. The van der Waals surface area contributed by atoms with Gasteiger partial charge >= 0.3 is 0 Å². The van der Waals surface area contributed by atoms with Crippen molar-refractivity contribution in [2.24, 2.45) is 0 Å². The van der Waals surface area contributed by atoms with E-state index in [9.17, 15) is 9.59 Å². The summed E-state index contributed by atoms with van der Waals surface area (Å²) in [5.74, 6) is 0.266. The molecule has 1 aliphatic heterocycles. The zero-order chi connectivity index (χ0) is 26.1. The summed E-state index contributed by atoms with van der Waals surface area (Å²) < 4.78 is 10.6. The largest absolute Gasteiger partial charge is 0.495 e. The van der Waals surface area contributed by atoms with E-state index < -0.39 is 0 Å². The average Bonchev–Trinajstić information content (AvgIpc) is 3.47. The van der Waals surface area contributed by atoms with Gasteiger partial charge in [0.15, 0.2) is 10.8 Å². The van der Waals surface area contributed by atoms with Gasteiger partial charge in [0, 0.05) is 29.1 Å². The van der Waals surface area contributed by atoms with E-state index in [1.807, 2.05) is 6.92 Å². The summed E-state index contributed by atoms with van der Waals surface area (Å²) in [6.45, 7) is 2.48. The number of hydrogen-bond donors (Lipinski definition) is 1. The van der Waals surface area contributed by atoms with Crippen molar-refractivity contribution in [3.8, 4) is 22.6 Å². The molecule has 5 rings (SSSR count). The Kier molecular flexibility index (Phi) is 6.68. The van der Waals surface area contributed by atoms with Crippen molar-refractivity contribution in [3.63, 3.8) is 0 Å². The predicted molar refractivity (Wildman–Crippen MR) is 136 cm³/mol. The number of pyridine rings is 2. The molecule has 1 N–H and O–H groups in total. The minimum atomic E-state index is -0.385. The van der Waals surface area contributed by atoms with E-state index in [-0.39, 0.29) is 22.7 Å². The zero-order valence-corrected chi connectivity index (χ0v) is 21.6. The summed E-state index contributed by atoms with van der Waals surface area (Å²) in [5, 5.41) is 11.3. The molecule has 37 heavy (non-hydrogen) atoms. The third-order valence-electron chi connectivity index (χ3n) is 5.67. The Morgan fingerprint density at radius 1 is 1.05 bits per heavy atom. The van der Waals surface area contributed by atoms with Crippen molar-refractivity contribution >= 4 is 39.9 Å². The topological polar surface area (TPSA) is 132 Å². The van der Waals surface area contributed by atoms with Crippen LogP contribution in [0.2, 0.25) is 5.15 Å². The van der Waals surface area contributed by atoms with E-state index in [2.05, 4.69) is 30.5 Å². The van der Waals surface area contributed by atoms with Crippen LogP contribution in [0.3, 0.4) is 0 Å². The molecule has 0 unspecified atom stereocenters. The quantitative estimate of drug-likeness (QED) is 0.365. The molecule has 0 aromatic carbocycles. The molecule has 0 saturated carbocycles. The molecule has 4 aromatic rings. The Morgan fingerprint density at radius 2 is 1.89 bits per heavy atom. The smallest absolute Gasteiger partial charge is 0.275 e. The molecule has 1 aliphatic rings. The third-order valence-corrected chi connectivity index (χ3v) is 6.88. The number of aryl methyl sites for hydroxylation is 1. The van der Waals surface area contributed by atoms with Gasteiger partial charge in [0.05, 0.1) is 55.8 Å². The SMILES string of the molecule is COc1cnnc(C(=O)N2Cc3nc(NC(=O)c4cnc(C)cc4-c4cc(Cl)ncc4OC)sc3C2)c1. The van der Waals surface area contributed by atoms with Crippen LogP contribution in [-0.4, -0.2) is 56.1 Å². The molecule has 2 amide bonds. The van der Waals surface area contributed by atoms with Crippen LogP contribution < -0.4 is 14.8 Å². The van der Waals surface area contributed by atoms with Crippen LogP contribution in [0.4, 0.5) is 5.13 Å². The molecule has 0 spiro atoms. The second kappa shape index (κ2) is 10.1. The van der Waals surface area contributed by atoms with Crippen molar-refractivity contribution < 1.29 is 19.1 Å². The lowest BCUT2D eigenvalue weighted by Crippen LogP contribution is -2.26. The van der Waals surface area contributed by atoms with Crippen LogP contribution in [0.5, 0.6) is 11.5 Å². The van der Waals surface area contributed by atoms with Crippen LogP contribution in [0.25, 0.3) is 11.1 Å². The second-order valence-electron chi connectivity index (χ2n) is 8.06. The van der Waals surface area contributed by atoms with Gasteiger partial charge < -0.3 is 14.4 Å². The molecule has 4 aromatic heterocycles. The number of fused-ring (bicyclic) bond motifs is 1. The number of ether oxygens (including phenoxy) is 2. The number of thiazole rings is 1. The minimum absolute atomic E-state index is 0.189. The number of anilines is 1. The molecule has 0 bridgehead atoms. The third kappa shape index (κ3) is 4.93. The first-order valence-corrected chi connectivity index (χ1v) is 12.2. The Labute approximate surface area is 220 Å². The van der Waals surface area contributed by atoms with Gasteiger partial charge in [-0.2, -0.15) is 5.10 Å². The first-order chi connectivity index (χ1) is 17.9. The van der Waals surface area contributed by atoms with Gasteiger partial charge in [0.1, 0.15) is 16.7 Å². The maximum Gasteiger partial charge on any atom is 0.275 e. The second-order valence-corrected chi connectivity index (χ2v) is 9.53. The number of carbonyl (C=O) groups excluding carboxylic acids is 2. The van der Waals surface area contributed by atoms with E-state index in [0.29, 0.717) is 52.1 Å². The fourth-order valence-electron chi connectivity index (χ4n) is 3.88. The molecule has 0 atom stereocenters. The summed E-state index contributed by atoms with van der Waals surface area (Å²) in [4.78, 5) is 41.5. The zero-order valence-electron chi connectivity index (χ0n) is 20.0. The summed E-state index contributed by atoms with van der Waals surface area (Å²) in [7, 11) is 3.02. The van der Waals surface area contributed by atoms with Gasteiger partial charge in [-0.15, -0.1) is 5.10 Å². The van der Waals surface area contributed by atoms with Gasteiger partial charge in [-0.3, -0.25) is 19.9 Å². The fourth-order valence-corrected chi connectivity index (χ4v) is 5.02. The lowest BCUT2D eigenvalue weighted by molar-refractivity contribution is 0.0743. The van der Waals surface area contributed by atoms with Gasteiger partial charge in [0.25, 0.3) is 11.8 Å². The van der Waals surface area contributed by atoms with Crippen molar-refractivity contribution in [2.45, 2.75) is 20.0 Å². The molecule has 0 fully saturated rings. The molecule has 11 nitrogen and oxygen atoms in total. The number of carbonyl (C=O) groups is 2. The molecule has 0 aliphatic carbocycles. The molecular weight excluding hydrogens is 518 g/mol. The fraction of sp³-hybridized carbons (Fsp3) is 0.208. The van der Waals surface area contributed by atoms with Crippen molar-refractivity contribution in [1.29, 1.82) is 0 Å². The highest BCUT2D eigenvalue weighted by Gasteiger charge is 2.30. The number of nitrogens with one attached hydrogen (secondary N) is 1. The van der Waals surface area contributed by atoms with Crippen LogP contribution in [0.15, 0.2) is 36.8 Å². The first kappa shape index (κ1) is 24.5. The minimum Gasteiger partial charge on any atom is -0.495 e. The molecule has 13 heteroatoms. The van der Waals surface area contributed by atoms with Crippen molar-refractivity contribution in [2.75, 3.05) is 19.5 Å². The number of amides is 2. The first-order valence-electron chi connectivity index (χ1n) is 11.0. The lowest BCUT2D eigenvalue weighted by atomic mass is 10.0. The highest BCUT2D eigenvalue weighted by atomic mass is 35.5. The van der Waals surface area contributed by atoms with E-state index in [4.69, 9.17) is 21.1 Å². The number of rotatable bonds is 6. The highest BCUT2D eigenvalue weighted by Crippen LogP contribution is 2.35. The Morgan fingerprint density at radius 3 is 2.65 bits per heavy atom. The van der Waals surface area contributed by atoms with Gasteiger partial charge in [-0.25, -0.2) is 9.97 Å². The van der Waals surface area contributed by atoms with Crippen molar-refractivity contribution in [3.05, 3.63) is 69.5 Å². The highest BCUT2D eigenvalue weighted by molar-refractivity contribution is 7.16. The van der Waals surface area contributed by atoms with Crippen LogP contribution >= 0.6 is 22.9 Å². The Balaban J connectivity index is 1.35. The number of aromatic nitrogens is 5. The van der Waals surface area contributed by atoms with Gasteiger partial charge in [-0.1, -0.05) is 22.9 Å². The van der Waals surface area contributed by atoms with Crippen LogP contribution in [0, 0.1) is 6.92 Å². The lowest BCUT2D eigenvalue weighted by Gasteiger charge is -2.15. The molecular formula is C24H20ClN7O4S. The standard InChI is InChI=1S/C24H20ClN7O4S/c1-12-4-14(15-6-21(25)27-9-19(15)36-3)16(8-26-12)22(33)30-24-29-18-10-32(11-20(18)37-24)23(34)17-5-13(35-2)7-28-31-17/h4-9H,10-11H2,1-3H3,(H,29,30,33). The average molecular weight is 538 g/mol. The van der Waals surface area contributed by atoms with Crippen LogP contribution in [0.1, 0.15) is 37.1 Å². The van der Waals surface area contributed by atoms with E-state index >= 15 is 0 Å². The van der Waals surface area contributed by atoms with Crippen LogP contribution in [-0.2, 0) is 13.1 Å². The molecule has 5 heterocycles. The Bertz CT molecular complexity index is 1500. The summed E-state index contributed by atoms with van der Waals surface area (Å²) in [6, 6.07) is 4.97. The Hall–Kier alpha value is -4.16. The molecule has 0 radical (unpaired) electrons. The summed E-state index contributed by atoms with van der Waals surface area (Å²) >= 11 is 7.43. The maximum atomic E-state index is 13.3. The monoisotopic (exact) mass is 537 g/mol. The normalized spacial score (nSPS) is 12.3. The van der Waals surface area contributed by atoms with E-state index in [1.54, 1.807) is 23.1 Å². The number of hydrogen-bond acceptors (Lipinski definition) is 10. The predicted octanol–water partition coefficient (Wildman–Crippen LogP) is 3.78. The van der Waals surface area contributed by atoms with Gasteiger partial charge in [0.2, 0.25) is 0 Å². The molecule has 188 valence electrons. The van der Waals surface area contributed by atoms with E-state index in [1.165, 1.54) is 44.1 Å². The number of halogens is 1. The maximum absolute atomic E-state index is 13.3. The van der Waals surface area contributed by atoms with E-state index in [0.717, 1.165) is 10.6 Å². The molecule has 0 saturated heterocycles. The number of nitrogens with zero attached hydrogens (tertiary/aromatic N) is 6. The van der Waals surface area contributed by atoms with Crippen molar-refractivity contribution in [1.82, 2.24) is 30.0 Å².